The summed E-state index contributed by atoms with van der Waals surface area (Å²) in [5.41, 5.74) is 0. The van der Waals surface area contributed by atoms with Gasteiger partial charge in [-0.15, -0.1) is 0 Å². The Morgan fingerprint density at radius 1 is 1.09 bits per heavy atom. The Labute approximate surface area is 83.9 Å². The molecular weight excluding hydrogens is 151 g/mol. The van der Waals surface area contributed by atoms with Crippen LogP contribution in [-0.2, 0) is 0 Å². The molecule has 0 aromatic heterocycles. The van der Waals surface area contributed by atoms with Gasteiger partial charge in [0, 0.05) is 0 Å². The van der Waals surface area contributed by atoms with Gasteiger partial charge in [0.2, 0.25) is 0 Å². The van der Waals surface area contributed by atoms with Gasteiger partial charge >= 0.3 is 84.1 Å². The Bertz CT molecular complexity index is 248. The van der Waals surface area contributed by atoms with Crippen molar-refractivity contribution in [3.05, 3.63) is 18.2 Å². The molecule has 0 aliphatic heterocycles. The van der Waals surface area contributed by atoms with Gasteiger partial charge in [0.05, 0.1) is 0 Å². The normalized spacial score (nSPS) is 9.45. The van der Waals surface area contributed by atoms with Gasteiger partial charge in [-0.3, -0.25) is 0 Å². The second-order valence-electron chi connectivity index (χ2n) is 2.36. The molecule has 0 aliphatic carbocycles. The molecule has 0 atom stereocenters. The van der Waals surface area contributed by atoms with Crippen LogP contribution in [-0.4, -0.2) is 42.2 Å². The van der Waals surface area contributed by atoms with E-state index in [0.717, 1.165) is 39.4 Å². The van der Waals surface area contributed by atoms with E-state index in [1.165, 1.54) is 2.81 Å². The molecule has 0 heterocycles. The quantitative estimate of drug-likeness (QED) is 0.586. The second kappa shape index (κ2) is 4.00. The van der Waals surface area contributed by atoms with Crippen molar-refractivity contribution >= 4 is 30.7 Å². The number of benzene rings is 1. The standard InChI is InChI=1S/C8H9O2.Na/c1-9-7-5-3-4-6-8(7)10-2;/h3,5-6H,1-2H3;. The molecule has 0 spiro atoms. The summed E-state index contributed by atoms with van der Waals surface area (Å²) >= 11 is 1.04. The zero-order valence-electron chi connectivity index (χ0n) is 7.05. The van der Waals surface area contributed by atoms with Crippen molar-refractivity contribution in [1.29, 1.82) is 0 Å². The van der Waals surface area contributed by atoms with Crippen molar-refractivity contribution in [2.45, 2.75) is 0 Å². The topological polar surface area (TPSA) is 18.5 Å². The molecule has 0 fully saturated rings. The molecule has 0 aliphatic rings. The summed E-state index contributed by atoms with van der Waals surface area (Å²) in [6.45, 7) is 0. The predicted molar refractivity (Wildman–Crippen MR) is 44.9 cm³/mol. The van der Waals surface area contributed by atoms with Gasteiger partial charge in [0.1, 0.15) is 0 Å². The van der Waals surface area contributed by atoms with Crippen molar-refractivity contribution in [1.82, 2.24) is 0 Å². The molecule has 54 valence electrons. The van der Waals surface area contributed by atoms with Crippen LogP contribution < -0.4 is 12.3 Å². The predicted octanol–water partition coefficient (Wildman–Crippen LogP) is 0.498. The van der Waals surface area contributed by atoms with Crippen LogP contribution in [0.2, 0.25) is 0 Å². The summed E-state index contributed by atoms with van der Waals surface area (Å²) in [6.07, 6.45) is 0. The number of hydrogen-bond donors (Lipinski definition) is 0. The average Bonchev–Trinajstić information content (AvgIpc) is 2.04. The molecule has 1 aromatic carbocycles. The van der Waals surface area contributed by atoms with E-state index in [1.807, 2.05) is 18.2 Å². The summed E-state index contributed by atoms with van der Waals surface area (Å²) < 4.78 is 11.5. The summed E-state index contributed by atoms with van der Waals surface area (Å²) in [7, 11) is 3.30. The summed E-state index contributed by atoms with van der Waals surface area (Å²) in [5.74, 6) is 1.62. The first-order chi connectivity index (χ1) is 5.27. The van der Waals surface area contributed by atoms with E-state index in [-0.39, 0.29) is 0 Å². The van der Waals surface area contributed by atoms with Gasteiger partial charge in [0.25, 0.3) is 0 Å². The van der Waals surface area contributed by atoms with Crippen LogP contribution in [0.4, 0.5) is 0 Å². The van der Waals surface area contributed by atoms with Gasteiger partial charge in [-0.1, -0.05) is 0 Å². The molecule has 0 amide bonds. The van der Waals surface area contributed by atoms with Crippen LogP contribution in [0.15, 0.2) is 18.2 Å². The van der Waals surface area contributed by atoms with E-state index < -0.39 is 0 Å². The van der Waals surface area contributed by atoms with Crippen molar-refractivity contribution in [3.63, 3.8) is 0 Å². The van der Waals surface area contributed by atoms with E-state index in [1.54, 1.807) is 14.2 Å². The van der Waals surface area contributed by atoms with Crippen molar-refractivity contribution in [2.75, 3.05) is 14.2 Å². The molecule has 3 heteroatoms. The molecule has 0 radical (unpaired) electrons. The van der Waals surface area contributed by atoms with Crippen molar-refractivity contribution in [3.8, 4) is 11.5 Å². The summed E-state index contributed by atoms with van der Waals surface area (Å²) in [4.78, 5) is 0. The van der Waals surface area contributed by atoms with Crippen LogP contribution in [0.1, 0.15) is 0 Å². The molecule has 0 N–H and O–H groups in total. The molecule has 0 saturated heterocycles. The second-order valence-corrected chi connectivity index (χ2v) is 3.51. The summed E-state index contributed by atoms with van der Waals surface area (Å²) in [6, 6.07) is 5.99. The zero-order valence-corrected chi connectivity index (χ0v) is 9.05. The van der Waals surface area contributed by atoms with Crippen molar-refractivity contribution < 1.29 is 9.47 Å². The number of rotatable bonds is 2. The van der Waals surface area contributed by atoms with Crippen LogP contribution >= 0.6 is 0 Å². The molecule has 11 heavy (non-hydrogen) atoms. The van der Waals surface area contributed by atoms with Gasteiger partial charge in [-0.05, 0) is 0 Å². The first-order valence-corrected chi connectivity index (χ1v) is 4.46. The molecule has 2 nitrogen and oxygen atoms in total. The van der Waals surface area contributed by atoms with Gasteiger partial charge < -0.3 is 0 Å². The summed E-state index contributed by atoms with van der Waals surface area (Å²) in [5, 5.41) is 0. The minimum absolute atomic E-state index is 0.798. The molecule has 1 rings (SSSR count). The first kappa shape index (κ1) is 8.91. The van der Waals surface area contributed by atoms with Crippen molar-refractivity contribution in [2.24, 2.45) is 0 Å². The molecular formula is C8H9NaO2. The maximum atomic E-state index is 5.11. The number of hydrogen-bond acceptors (Lipinski definition) is 2. The SMILES string of the molecule is COc1cc[c]([Na])cc1OC. The third-order valence-electron chi connectivity index (χ3n) is 1.54. The molecule has 1 aromatic rings. The van der Waals surface area contributed by atoms with E-state index in [9.17, 15) is 0 Å². The van der Waals surface area contributed by atoms with Gasteiger partial charge in [-0.2, -0.15) is 0 Å². The maximum absolute atomic E-state index is 5.11. The average molecular weight is 160 g/mol. The minimum atomic E-state index is 0.798. The van der Waals surface area contributed by atoms with Crippen LogP contribution in [0.25, 0.3) is 0 Å². The zero-order chi connectivity index (χ0) is 8.27. The van der Waals surface area contributed by atoms with Gasteiger partial charge in [0.15, 0.2) is 0 Å². The van der Waals surface area contributed by atoms with Crippen LogP contribution in [0.3, 0.4) is 0 Å². The van der Waals surface area contributed by atoms with E-state index in [2.05, 4.69) is 0 Å². The fourth-order valence-electron chi connectivity index (χ4n) is 0.943. The number of ether oxygens (including phenoxy) is 2. The Morgan fingerprint density at radius 3 is 2.27 bits per heavy atom. The molecule has 0 bridgehead atoms. The van der Waals surface area contributed by atoms with E-state index in [0.29, 0.717) is 0 Å². The Balaban J connectivity index is 3.06. The van der Waals surface area contributed by atoms with Crippen LogP contribution in [0.5, 0.6) is 11.5 Å². The van der Waals surface area contributed by atoms with E-state index in [4.69, 9.17) is 9.47 Å². The Kier molecular flexibility index (Phi) is 3.24. The Hall–Kier alpha value is -0.180. The monoisotopic (exact) mass is 160 g/mol. The molecule has 0 unspecified atom stereocenters. The third-order valence-corrected chi connectivity index (χ3v) is 2.16. The van der Waals surface area contributed by atoms with E-state index >= 15 is 0 Å². The first-order valence-electron chi connectivity index (χ1n) is 3.46. The van der Waals surface area contributed by atoms with Crippen LogP contribution in [0, 0.1) is 0 Å². The fraction of sp³-hybridized carbons (Fsp3) is 0.250. The third kappa shape index (κ3) is 2.12. The molecule has 0 saturated carbocycles. The number of methoxy groups -OCH3 is 2. The Morgan fingerprint density at radius 2 is 1.73 bits per heavy atom. The fourth-order valence-corrected chi connectivity index (χ4v) is 1.37. The van der Waals surface area contributed by atoms with Gasteiger partial charge in [-0.25, -0.2) is 0 Å².